The molecule has 5 nitrogen and oxygen atoms in total. The summed E-state index contributed by atoms with van der Waals surface area (Å²) in [6.07, 6.45) is 1.59. The van der Waals surface area contributed by atoms with Crippen molar-refractivity contribution in [2.24, 2.45) is 5.10 Å². The normalized spacial score (nSPS) is 10.4. The highest BCUT2D eigenvalue weighted by Gasteiger charge is 2.01. The summed E-state index contributed by atoms with van der Waals surface area (Å²) >= 11 is 1.54. The van der Waals surface area contributed by atoms with E-state index in [0.717, 1.165) is 10.6 Å². The summed E-state index contributed by atoms with van der Waals surface area (Å²) in [5, 5.41) is 5.78. The van der Waals surface area contributed by atoms with Crippen molar-refractivity contribution in [2.75, 3.05) is 13.7 Å². The number of carbonyl (C=O) groups excluding carboxylic acids is 1. The van der Waals surface area contributed by atoms with E-state index in [2.05, 4.69) is 10.5 Å². The molecule has 1 aromatic heterocycles. The first-order valence-corrected chi connectivity index (χ1v) is 6.78. The molecule has 0 fully saturated rings. The standard InChI is InChI=1S/C14H14N2O3S/c1-18-11-4-6-12(7-5-11)19-10-14(17)16-15-9-13-3-2-8-20-13/h2-9H,10H2,1H3,(H,16,17)/b15-9-. The Kier molecular flexibility index (Phi) is 5.14. The van der Waals surface area contributed by atoms with E-state index in [1.165, 1.54) is 0 Å². The van der Waals surface area contributed by atoms with Crippen LogP contribution in [0, 0.1) is 0 Å². The Labute approximate surface area is 120 Å². The van der Waals surface area contributed by atoms with Crippen molar-refractivity contribution in [1.82, 2.24) is 5.43 Å². The van der Waals surface area contributed by atoms with Crippen LogP contribution < -0.4 is 14.9 Å². The van der Waals surface area contributed by atoms with Gasteiger partial charge >= 0.3 is 0 Å². The second kappa shape index (κ2) is 7.30. The van der Waals surface area contributed by atoms with Crippen LogP contribution in [0.4, 0.5) is 0 Å². The molecule has 0 spiro atoms. The number of ether oxygens (including phenoxy) is 2. The van der Waals surface area contributed by atoms with Gasteiger partial charge in [0.1, 0.15) is 11.5 Å². The molecule has 1 heterocycles. The molecule has 0 radical (unpaired) electrons. The number of amides is 1. The Morgan fingerprint density at radius 2 is 2.05 bits per heavy atom. The van der Waals surface area contributed by atoms with Crippen LogP contribution in [0.5, 0.6) is 11.5 Å². The second-order valence-electron chi connectivity index (χ2n) is 3.77. The average Bonchev–Trinajstić information content (AvgIpc) is 2.99. The Hall–Kier alpha value is -2.34. The molecule has 0 aliphatic carbocycles. The van der Waals surface area contributed by atoms with Crippen molar-refractivity contribution in [3.63, 3.8) is 0 Å². The summed E-state index contributed by atoms with van der Waals surface area (Å²) in [5.74, 6) is 1.03. The van der Waals surface area contributed by atoms with Gasteiger partial charge in [-0.25, -0.2) is 5.43 Å². The summed E-state index contributed by atoms with van der Waals surface area (Å²) in [6.45, 7) is -0.0892. The summed E-state index contributed by atoms with van der Waals surface area (Å²) in [5.41, 5.74) is 2.40. The van der Waals surface area contributed by atoms with E-state index in [1.807, 2.05) is 17.5 Å². The molecule has 1 aromatic carbocycles. The fourth-order valence-electron chi connectivity index (χ4n) is 1.39. The lowest BCUT2D eigenvalue weighted by Crippen LogP contribution is -2.24. The Morgan fingerprint density at radius 1 is 1.30 bits per heavy atom. The van der Waals surface area contributed by atoms with Gasteiger partial charge in [0.25, 0.3) is 5.91 Å². The van der Waals surface area contributed by atoms with E-state index < -0.39 is 0 Å². The zero-order chi connectivity index (χ0) is 14.2. The molecular weight excluding hydrogens is 276 g/mol. The lowest BCUT2D eigenvalue weighted by atomic mass is 10.3. The number of benzene rings is 1. The van der Waals surface area contributed by atoms with Gasteiger partial charge in [-0.3, -0.25) is 4.79 Å². The van der Waals surface area contributed by atoms with Crippen LogP contribution in [-0.2, 0) is 4.79 Å². The number of rotatable bonds is 6. The first-order valence-electron chi connectivity index (χ1n) is 5.90. The van der Waals surface area contributed by atoms with Gasteiger partial charge in [0.2, 0.25) is 0 Å². The molecule has 0 unspecified atom stereocenters. The Bertz CT molecular complexity index is 565. The number of hydrogen-bond donors (Lipinski definition) is 1. The highest BCUT2D eigenvalue weighted by Crippen LogP contribution is 2.16. The number of nitrogens with zero attached hydrogens (tertiary/aromatic N) is 1. The zero-order valence-electron chi connectivity index (χ0n) is 10.9. The lowest BCUT2D eigenvalue weighted by molar-refractivity contribution is -0.123. The number of hydrogen-bond acceptors (Lipinski definition) is 5. The number of thiophene rings is 1. The van der Waals surface area contributed by atoms with Crippen molar-refractivity contribution in [2.45, 2.75) is 0 Å². The average molecular weight is 290 g/mol. The van der Waals surface area contributed by atoms with Crippen LogP contribution in [-0.4, -0.2) is 25.8 Å². The molecule has 0 bridgehead atoms. The van der Waals surface area contributed by atoms with E-state index in [1.54, 1.807) is 48.9 Å². The number of hydrazone groups is 1. The maximum atomic E-state index is 11.5. The number of carbonyl (C=O) groups is 1. The molecule has 6 heteroatoms. The second-order valence-corrected chi connectivity index (χ2v) is 4.75. The quantitative estimate of drug-likeness (QED) is 0.656. The topological polar surface area (TPSA) is 59.9 Å². The highest BCUT2D eigenvalue weighted by molar-refractivity contribution is 7.11. The van der Waals surface area contributed by atoms with Crippen LogP contribution in [0.3, 0.4) is 0 Å². The van der Waals surface area contributed by atoms with E-state index in [0.29, 0.717) is 5.75 Å². The van der Waals surface area contributed by atoms with Gasteiger partial charge in [-0.1, -0.05) is 6.07 Å². The molecular formula is C14H14N2O3S. The van der Waals surface area contributed by atoms with Crippen molar-refractivity contribution < 1.29 is 14.3 Å². The zero-order valence-corrected chi connectivity index (χ0v) is 11.7. The van der Waals surface area contributed by atoms with Gasteiger partial charge in [0.05, 0.1) is 13.3 Å². The predicted molar refractivity (Wildman–Crippen MR) is 78.5 cm³/mol. The Balaban J connectivity index is 1.74. The van der Waals surface area contributed by atoms with Crippen LogP contribution in [0.1, 0.15) is 4.88 Å². The molecule has 2 aromatic rings. The van der Waals surface area contributed by atoms with Crippen molar-refractivity contribution in [3.8, 4) is 11.5 Å². The maximum Gasteiger partial charge on any atom is 0.277 e. The van der Waals surface area contributed by atoms with Crippen LogP contribution in [0.15, 0.2) is 46.9 Å². The van der Waals surface area contributed by atoms with Crippen LogP contribution in [0.2, 0.25) is 0 Å². The first kappa shape index (κ1) is 14.1. The number of nitrogens with one attached hydrogen (secondary N) is 1. The monoisotopic (exact) mass is 290 g/mol. The van der Waals surface area contributed by atoms with Gasteiger partial charge in [-0.05, 0) is 35.7 Å². The third kappa shape index (κ3) is 4.40. The molecule has 0 aliphatic heterocycles. The SMILES string of the molecule is COc1ccc(OCC(=O)N/N=C\c2cccs2)cc1. The highest BCUT2D eigenvalue weighted by atomic mass is 32.1. The van der Waals surface area contributed by atoms with E-state index in [9.17, 15) is 4.79 Å². The fraction of sp³-hybridized carbons (Fsp3) is 0.143. The smallest absolute Gasteiger partial charge is 0.277 e. The minimum Gasteiger partial charge on any atom is -0.497 e. The molecule has 1 N–H and O–H groups in total. The van der Waals surface area contributed by atoms with E-state index in [-0.39, 0.29) is 12.5 Å². The maximum absolute atomic E-state index is 11.5. The third-order valence-electron chi connectivity index (χ3n) is 2.35. The summed E-state index contributed by atoms with van der Waals surface area (Å²) in [4.78, 5) is 12.5. The first-order chi connectivity index (χ1) is 9.78. The fourth-order valence-corrected chi connectivity index (χ4v) is 1.97. The van der Waals surface area contributed by atoms with Crippen molar-refractivity contribution >= 4 is 23.5 Å². The van der Waals surface area contributed by atoms with E-state index in [4.69, 9.17) is 9.47 Å². The minimum absolute atomic E-state index is 0.0892. The molecule has 0 aliphatic rings. The van der Waals surface area contributed by atoms with Gasteiger partial charge in [0, 0.05) is 4.88 Å². The molecule has 0 saturated heterocycles. The molecule has 1 amide bonds. The van der Waals surface area contributed by atoms with E-state index >= 15 is 0 Å². The van der Waals surface area contributed by atoms with Gasteiger partial charge < -0.3 is 9.47 Å². The molecule has 2 rings (SSSR count). The minimum atomic E-state index is -0.311. The predicted octanol–water partition coefficient (Wildman–Crippen LogP) is 2.29. The third-order valence-corrected chi connectivity index (χ3v) is 3.16. The lowest BCUT2D eigenvalue weighted by Gasteiger charge is -2.05. The molecule has 20 heavy (non-hydrogen) atoms. The van der Waals surface area contributed by atoms with Crippen molar-refractivity contribution in [3.05, 3.63) is 46.7 Å². The van der Waals surface area contributed by atoms with Gasteiger partial charge in [-0.2, -0.15) is 5.10 Å². The molecule has 104 valence electrons. The summed E-state index contributed by atoms with van der Waals surface area (Å²) in [7, 11) is 1.59. The van der Waals surface area contributed by atoms with Crippen LogP contribution in [0.25, 0.3) is 0 Å². The molecule has 0 atom stereocenters. The van der Waals surface area contributed by atoms with Gasteiger partial charge in [-0.15, -0.1) is 11.3 Å². The Morgan fingerprint density at radius 3 is 2.70 bits per heavy atom. The van der Waals surface area contributed by atoms with Crippen molar-refractivity contribution in [1.29, 1.82) is 0 Å². The largest absolute Gasteiger partial charge is 0.497 e. The van der Waals surface area contributed by atoms with Gasteiger partial charge in [0.15, 0.2) is 6.61 Å². The summed E-state index contributed by atoms with van der Waals surface area (Å²) < 4.78 is 10.3. The summed E-state index contributed by atoms with van der Waals surface area (Å²) in [6, 6.07) is 10.8. The number of methoxy groups -OCH3 is 1. The van der Waals surface area contributed by atoms with Crippen LogP contribution >= 0.6 is 11.3 Å². The molecule has 0 saturated carbocycles.